The first-order valence-corrected chi connectivity index (χ1v) is 17.2. The summed E-state index contributed by atoms with van der Waals surface area (Å²) in [6, 6.07) is 30.2. The van der Waals surface area contributed by atoms with Gasteiger partial charge in [0, 0.05) is 19.1 Å². The van der Waals surface area contributed by atoms with Crippen molar-refractivity contribution in [1.29, 1.82) is 5.26 Å². The Hall–Kier alpha value is -5.46. The highest BCUT2D eigenvalue weighted by Crippen LogP contribution is 2.47. The van der Waals surface area contributed by atoms with E-state index in [0.717, 1.165) is 65.5 Å². The number of carbonyl (C=O) groups is 2. The van der Waals surface area contributed by atoms with Crippen molar-refractivity contribution in [3.05, 3.63) is 118 Å². The molecule has 2 heterocycles. The van der Waals surface area contributed by atoms with Crippen LogP contribution in [0.2, 0.25) is 5.02 Å². The fourth-order valence-corrected chi connectivity index (χ4v) is 7.88. The molecule has 2 aliphatic carbocycles. The summed E-state index contributed by atoms with van der Waals surface area (Å²) in [4.78, 5) is 37.1. The van der Waals surface area contributed by atoms with Crippen LogP contribution >= 0.6 is 11.6 Å². The van der Waals surface area contributed by atoms with Gasteiger partial charge in [-0.05, 0) is 113 Å². The van der Waals surface area contributed by atoms with Crippen LogP contribution in [-0.2, 0) is 33.5 Å². The van der Waals surface area contributed by atoms with Crippen LogP contribution in [0.25, 0.3) is 22.3 Å². The molecule has 2 amide bonds. The number of hydrogen-bond donors (Lipinski definition) is 2. The molecule has 4 N–H and O–H groups in total. The Kier molecular flexibility index (Phi) is 8.44. The van der Waals surface area contributed by atoms with E-state index in [9.17, 15) is 9.59 Å². The summed E-state index contributed by atoms with van der Waals surface area (Å²) < 4.78 is 0. The Labute approximate surface area is 296 Å². The summed E-state index contributed by atoms with van der Waals surface area (Å²) in [5.41, 5.74) is 20.4. The number of hydrogen-bond acceptors (Lipinski definition) is 7. The van der Waals surface area contributed by atoms with Gasteiger partial charge in [-0.2, -0.15) is 5.26 Å². The molecule has 10 heteroatoms. The smallest absolute Gasteiger partial charge is 0.231 e. The summed E-state index contributed by atoms with van der Waals surface area (Å²) in [6.07, 6.45) is 5.25. The quantitative estimate of drug-likeness (QED) is 0.257. The maximum absolute atomic E-state index is 12.5. The molecule has 9 nitrogen and oxygen atoms in total. The third kappa shape index (κ3) is 5.90. The average molecular weight is 684 g/mol. The summed E-state index contributed by atoms with van der Waals surface area (Å²) in [5.74, 6) is 0.601. The van der Waals surface area contributed by atoms with E-state index in [4.69, 9.17) is 38.3 Å². The van der Waals surface area contributed by atoms with Crippen LogP contribution in [0.5, 0.6) is 0 Å². The number of guanidine groups is 2. The topological polar surface area (TPSA) is 141 Å². The third-order valence-electron chi connectivity index (χ3n) is 10.5. The fourth-order valence-electron chi connectivity index (χ4n) is 7.69. The van der Waals surface area contributed by atoms with Crippen LogP contribution in [0.3, 0.4) is 0 Å². The van der Waals surface area contributed by atoms with E-state index in [1.54, 1.807) is 20.2 Å². The lowest BCUT2D eigenvalue weighted by molar-refractivity contribution is -0.129. The lowest BCUT2D eigenvalue weighted by Crippen LogP contribution is -2.49. The van der Waals surface area contributed by atoms with Crippen LogP contribution in [-0.4, -0.2) is 47.6 Å². The standard InChI is InChI=1S/C21H20N4O.C19H18ClN3O/c1-25-19(26)12-21(24-20(25)23)9-3-6-15-7-8-17(11-18(15)21)16-5-2-4-14(10-16)13-22;1-23-17(24)11-19(22-18(23)21)8-7-12-5-6-14(10-16(12)19)13-3-2-4-15(20)9-13/h2,4-5,7-8,10-11H,3,6,9,12H2,1H3,(H2,23,24);2-6,9-10H,7-8,11H2,1H3,(H2,21,22)/t21-;19-/m00/s1. The highest BCUT2D eigenvalue weighted by atomic mass is 35.5. The Morgan fingerprint density at radius 1 is 0.700 bits per heavy atom. The van der Waals surface area contributed by atoms with Gasteiger partial charge in [0.1, 0.15) is 0 Å². The van der Waals surface area contributed by atoms with Crippen molar-refractivity contribution >= 4 is 35.3 Å². The Morgan fingerprint density at radius 2 is 1.22 bits per heavy atom. The summed E-state index contributed by atoms with van der Waals surface area (Å²) in [7, 11) is 3.34. The second kappa shape index (κ2) is 12.8. The average Bonchev–Trinajstić information content (AvgIpc) is 3.46. The molecule has 0 saturated carbocycles. The number of nitriles is 1. The Balaban J connectivity index is 0.000000157. The monoisotopic (exact) mass is 683 g/mol. The zero-order valence-corrected chi connectivity index (χ0v) is 28.9. The second-order valence-electron chi connectivity index (χ2n) is 13.6. The van der Waals surface area contributed by atoms with Gasteiger partial charge in [-0.1, -0.05) is 60.1 Å². The van der Waals surface area contributed by atoms with Crippen molar-refractivity contribution in [3.63, 3.8) is 0 Å². The van der Waals surface area contributed by atoms with Crippen LogP contribution in [0.1, 0.15) is 59.9 Å². The molecule has 2 spiro atoms. The van der Waals surface area contributed by atoms with Crippen molar-refractivity contribution in [2.75, 3.05) is 14.1 Å². The van der Waals surface area contributed by atoms with E-state index >= 15 is 0 Å². The number of halogens is 1. The molecule has 4 aromatic carbocycles. The molecule has 4 aliphatic rings. The van der Waals surface area contributed by atoms with E-state index in [1.807, 2.05) is 42.5 Å². The molecule has 2 aliphatic heterocycles. The maximum atomic E-state index is 12.5. The van der Waals surface area contributed by atoms with Crippen molar-refractivity contribution in [1.82, 2.24) is 9.80 Å². The number of rotatable bonds is 2. The minimum Gasteiger partial charge on any atom is -0.369 e. The van der Waals surface area contributed by atoms with Gasteiger partial charge in [0.05, 0.1) is 35.6 Å². The summed E-state index contributed by atoms with van der Waals surface area (Å²) in [5, 5.41) is 9.87. The molecule has 0 saturated heterocycles. The molecule has 252 valence electrons. The predicted molar refractivity (Wildman–Crippen MR) is 196 cm³/mol. The van der Waals surface area contributed by atoms with Crippen molar-refractivity contribution in [2.24, 2.45) is 21.5 Å². The lowest BCUT2D eigenvalue weighted by atomic mass is 9.73. The van der Waals surface area contributed by atoms with Crippen LogP contribution in [0, 0.1) is 11.3 Å². The first-order chi connectivity index (χ1) is 24.0. The molecule has 8 rings (SSSR count). The number of fused-ring (bicyclic) bond motifs is 4. The first kappa shape index (κ1) is 33.1. The van der Waals surface area contributed by atoms with Gasteiger partial charge in [0.25, 0.3) is 0 Å². The van der Waals surface area contributed by atoms with Crippen molar-refractivity contribution in [3.8, 4) is 28.3 Å². The molecular formula is C40H38ClN7O2. The Morgan fingerprint density at radius 3 is 1.78 bits per heavy atom. The van der Waals surface area contributed by atoms with Crippen LogP contribution in [0.4, 0.5) is 0 Å². The molecule has 0 radical (unpaired) electrons. The van der Waals surface area contributed by atoms with Crippen LogP contribution in [0.15, 0.2) is 94.9 Å². The van der Waals surface area contributed by atoms with Gasteiger partial charge in [-0.15, -0.1) is 0 Å². The van der Waals surface area contributed by atoms with E-state index in [-0.39, 0.29) is 17.8 Å². The number of nitrogens with two attached hydrogens (primary N) is 2. The molecule has 4 aromatic rings. The second-order valence-corrected chi connectivity index (χ2v) is 14.0. The normalized spacial score (nSPS) is 22.3. The number of aryl methyl sites for hydroxylation is 2. The van der Waals surface area contributed by atoms with E-state index < -0.39 is 11.1 Å². The molecule has 0 unspecified atom stereocenters. The van der Waals surface area contributed by atoms with Gasteiger partial charge in [-0.3, -0.25) is 19.4 Å². The summed E-state index contributed by atoms with van der Waals surface area (Å²) in [6.45, 7) is 0. The Bertz CT molecular complexity index is 2150. The van der Waals surface area contributed by atoms with E-state index in [2.05, 4.69) is 42.5 Å². The number of aliphatic imine (C=N–C) groups is 2. The lowest BCUT2D eigenvalue weighted by Gasteiger charge is -2.40. The maximum Gasteiger partial charge on any atom is 0.231 e. The molecule has 50 heavy (non-hydrogen) atoms. The predicted octanol–water partition coefficient (Wildman–Crippen LogP) is 6.26. The van der Waals surface area contributed by atoms with E-state index in [1.165, 1.54) is 20.9 Å². The summed E-state index contributed by atoms with van der Waals surface area (Å²) >= 11 is 6.12. The van der Waals surface area contributed by atoms with Crippen molar-refractivity contribution in [2.45, 2.75) is 56.0 Å². The minimum atomic E-state index is -0.565. The number of carbonyl (C=O) groups excluding carboxylic acids is 2. The zero-order valence-electron chi connectivity index (χ0n) is 28.1. The number of nitrogens with zero attached hydrogens (tertiary/aromatic N) is 5. The van der Waals surface area contributed by atoms with Gasteiger partial charge in [-0.25, -0.2) is 9.98 Å². The highest BCUT2D eigenvalue weighted by Gasteiger charge is 2.45. The van der Waals surface area contributed by atoms with Crippen molar-refractivity contribution < 1.29 is 9.59 Å². The number of amides is 2. The molecule has 0 bridgehead atoms. The number of benzene rings is 4. The van der Waals surface area contributed by atoms with Crippen LogP contribution < -0.4 is 11.5 Å². The van der Waals surface area contributed by atoms with Gasteiger partial charge >= 0.3 is 0 Å². The largest absolute Gasteiger partial charge is 0.369 e. The highest BCUT2D eigenvalue weighted by molar-refractivity contribution is 6.30. The molecular weight excluding hydrogens is 646 g/mol. The molecule has 0 aromatic heterocycles. The van der Waals surface area contributed by atoms with Gasteiger partial charge < -0.3 is 11.5 Å². The molecule has 2 atom stereocenters. The minimum absolute atomic E-state index is 0.00207. The third-order valence-corrected chi connectivity index (χ3v) is 10.8. The van der Waals surface area contributed by atoms with E-state index in [0.29, 0.717) is 29.4 Å². The first-order valence-electron chi connectivity index (χ1n) is 16.8. The SMILES string of the molecule is CN1C(=O)C[C@]2(CCCc3ccc(-c4cccc(C#N)c4)cc32)N=C1N.CN1C(=O)C[C@]2(CCc3ccc(-c4cccc(Cl)c4)cc32)N=C1N. The fraction of sp³-hybridized carbons (Fsp3) is 0.275. The van der Waals surface area contributed by atoms with Gasteiger partial charge in [0.2, 0.25) is 11.8 Å². The molecule has 0 fully saturated rings. The van der Waals surface area contributed by atoms with Gasteiger partial charge in [0.15, 0.2) is 11.9 Å². The zero-order chi connectivity index (χ0) is 35.2.